The Balaban J connectivity index is -0.0000000148. The van der Waals surface area contributed by atoms with Crippen molar-refractivity contribution in [1.82, 2.24) is 5.06 Å². The molecule has 0 saturated heterocycles. The van der Waals surface area contributed by atoms with E-state index in [1.807, 2.05) is 0 Å². The van der Waals surface area contributed by atoms with Crippen molar-refractivity contribution < 1.29 is 185 Å². The smallest absolute Gasteiger partial charge is 1.00 e. The predicted molar refractivity (Wildman–Crippen MR) is 376 cm³/mol. The molecular weight excluding hydrogens is 1230 g/mol. The Morgan fingerprint density at radius 1 is 0.458 bits per heavy atom. The van der Waals surface area contributed by atoms with Crippen LogP contribution in [0, 0.1) is 218 Å². The fraction of sp³-hybridized carbons (Fsp3) is 0.400. The molecule has 0 heterocycles. The van der Waals surface area contributed by atoms with Gasteiger partial charge < -0.3 is 21.5 Å². The van der Waals surface area contributed by atoms with E-state index in [1.54, 1.807) is 27.7 Å². The summed E-state index contributed by atoms with van der Waals surface area (Å²) in [5.74, 6) is 91.2. The SMILES string of the molecule is C.CC#CC#CC#CC#CC#CC#CC#CC#CC#CC.CC#CC#CC#CC#CC#CC#CC#CC#CC#CC.CCCCCCCCCCCCCCCCC.CN(C)OS(=O)(=O)OOOO.O=S(=O)([O-])OOOO.[2H]N=S=S.[Br-].[HH].[HH].[HH].[HH].[HH].[HH].[HH].[HH].[HH].[HH].[HH].[HH].[HH].[HH].[HH].[HH].[HH].[HH].[HH].[HH].[HH].[HH].[HH].[HH].[HH].[HH].[HH].[HH].[HH].[HH].[Na+].[Na+]. The molecule has 0 aliphatic heterocycles. The standard InChI is InChI=1S/2C20H6.C17H36.C2H7NO7S.CH4.BrH.HNS2.2Na.H2O7S.30H2/c2*1-3-5-7-9-11-13-15-17-19-20-18-16-14-12-10-8-6-4-2;1-3-5-7-9-11-13-15-17-16-14-12-10-8-6-4-2;1-3(2)7-11(5,6)10-9-8-4;;;1-3-2;;;1-5-6-7-8(2,3)4;;;;;;;;;;;;;;;;;;;;;;;;;;;;;;/h2*1-2H3;3-17H2,1-2H3;4H,1-2H3;1H4;1H;1H;;;1H,(H,2,3,4);30*1H/q;;;;;;;2*+1;;;;;;;;;;;;;;;;;;;;;;;;;;;;;;;/p-2/i/hD. The van der Waals surface area contributed by atoms with E-state index in [0.29, 0.717) is 0 Å². The number of hydrogen-bond donors (Lipinski definition) is 3. The maximum Gasteiger partial charge on any atom is 1.00 e. The third kappa shape index (κ3) is 128. The van der Waals surface area contributed by atoms with Gasteiger partial charge >= 0.3 is 69.5 Å². The molecule has 3 N–H and O–H groups in total. The molecule has 0 fully saturated rings. The first kappa shape index (κ1) is 96.4. The Labute approximate surface area is 606 Å². The van der Waals surface area contributed by atoms with E-state index in [1.165, 1.54) is 110 Å². The monoisotopic (exact) mass is 1350 g/mol. The number of hydroxylamine groups is 2. The molecule has 16 nitrogen and oxygen atoms in total. The summed E-state index contributed by atoms with van der Waals surface area (Å²) in [6.45, 7) is 11.4. The molecule has 0 aromatic carbocycles. The van der Waals surface area contributed by atoms with Crippen molar-refractivity contribution in [1.29, 1.82) is 4.77 Å². The minimum atomic E-state index is -4.94. The molecule has 0 aromatic rings. The average molecular weight is 1350 g/mol. The van der Waals surface area contributed by atoms with Crippen molar-refractivity contribution >= 4 is 42.1 Å². The van der Waals surface area contributed by atoms with Crippen LogP contribution in [0.15, 0.2) is 0 Å². The quantitative estimate of drug-likeness (QED) is 0.0209. The normalized spacial score (nSPS) is 7.16. The Hall–Kier alpha value is -5.74. The van der Waals surface area contributed by atoms with Crippen LogP contribution in [0.5, 0.6) is 0 Å². The van der Waals surface area contributed by atoms with Crippen molar-refractivity contribution in [3.8, 4) is 213 Å². The topological polar surface area (TPSA) is 223 Å². The fourth-order valence-corrected chi connectivity index (χ4v) is 4.43. The molecule has 0 rings (SSSR count). The molecule has 83 heavy (non-hydrogen) atoms. The van der Waals surface area contributed by atoms with Crippen molar-refractivity contribution in [3.05, 3.63) is 0 Å². The van der Waals surface area contributed by atoms with Crippen molar-refractivity contribution in [2.75, 3.05) is 14.1 Å². The fourth-order valence-electron chi connectivity index (χ4n) is 3.86. The second-order valence-corrected chi connectivity index (χ2v) is 15.4. The summed E-state index contributed by atoms with van der Waals surface area (Å²) < 4.78 is 67.6. The van der Waals surface area contributed by atoms with Crippen LogP contribution in [0.3, 0.4) is 0 Å². The van der Waals surface area contributed by atoms with E-state index in [-0.39, 0.29) is 126 Å². The van der Waals surface area contributed by atoms with Gasteiger partial charge in [0.2, 0.25) is 11.8 Å². The van der Waals surface area contributed by atoms with Gasteiger partial charge in [-0.05, 0) is 242 Å². The van der Waals surface area contributed by atoms with Crippen LogP contribution in [0.2, 0.25) is 1.41 Å². The van der Waals surface area contributed by atoms with Crippen molar-refractivity contribution in [2.24, 2.45) is 0 Å². The maximum absolute atomic E-state index is 10.4. The molecule has 0 saturated carbocycles. The van der Waals surface area contributed by atoms with Gasteiger partial charge in [-0.2, -0.15) is 17.8 Å². The first-order valence-corrected chi connectivity index (χ1v) is 27.1. The van der Waals surface area contributed by atoms with Crippen LogP contribution in [0.1, 0.15) is 188 Å². The summed E-state index contributed by atoms with van der Waals surface area (Å²) in [6.07, 6.45) is 21.9. The van der Waals surface area contributed by atoms with Gasteiger partial charge in [-0.1, -0.05) is 146 Å². The third-order valence-electron chi connectivity index (χ3n) is 6.61. The van der Waals surface area contributed by atoms with E-state index in [2.05, 4.69) is 276 Å². The van der Waals surface area contributed by atoms with Gasteiger partial charge in [-0.15, -0.1) is 0 Å². The van der Waals surface area contributed by atoms with E-state index in [0.717, 1.165) is 15.2 Å². The zero-order chi connectivity index (χ0) is 61.0. The molecule has 488 valence electrons. The number of hydrogen-bond acceptors (Lipinski definition) is 17. The van der Waals surface area contributed by atoms with Crippen LogP contribution < -0.4 is 76.1 Å². The minimum absolute atomic E-state index is 0. The van der Waals surface area contributed by atoms with Crippen LogP contribution in [-0.4, -0.2) is 51.1 Å². The molecule has 0 radical (unpaired) electrons. The molecule has 0 aromatic heterocycles. The largest absolute Gasteiger partial charge is 1.00 e. The van der Waals surface area contributed by atoms with Gasteiger partial charge in [0.1, 0.15) is 0 Å². The summed E-state index contributed by atoms with van der Waals surface area (Å²) in [6, 6.07) is 0. The zero-order valence-corrected chi connectivity index (χ0v) is 56.2. The second-order valence-electron chi connectivity index (χ2n) is 12.8. The molecule has 0 aliphatic rings. The number of rotatable bonds is 22. The molecule has 0 spiro atoms. The first-order chi connectivity index (χ1) is 38.7. The third-order valence-corrected chi connectivity index (χ3v) is 7.53. The second kappa shape index (κ2) is 92.7. The summed E-state index contributed by atoms with van der Waals surface area (Å²) in [5, 5.41) is 27.0. The predicted octanol–water partition coefficient (Wildman–Crippen LogP) is 6.19. The molecule has 0 unspecified atom stereocenters. The summed E-state index contributed by atoms with van der Waals surface area (Å²) in [7, 11) is -5.92. The molecule has 0 amide bonds. The van der Waals surface area contributed by atoms with E-state index < -0.39 is 20.8 Å². The van der Waals surface area contributed by atoms with Gasteiger partial charge in [0.05, 0.1) is 0 Å². The van der Waals surface area contributed by atoms with E-state index in [4.69, 9.17) is 11.9 Å². The van der Waals surface area contributed by atoms with Gasteiger partial charge in [0, 0.05) is 78.2 Å². The number of nitrogens with one attached hydrogen (secondary N) is 1. The van der Waals surface area contributed by atoms with Gasteiger partial charge in [-0.3, -0.25) is 0 Å². The average Bonchev–Trinajstić information content (AvgIpc) is 3.43. The van der Waals surface area contributed by atoms with Crippen molar-refractivity contribution in [2.45, 2.75) is 145 Å². The molecule has 0 bridgehead atoms. The number of nitrogens with zero attached hydrogens (tertiary/aromatic N) is 1. The summed E-state index contributed by atoms with van der Waals surface area (Å²) in [4.78, 5) is 0. The zero-order valence-electron chi connectivity index (χ0n) is 48.3. The van der Waals surface area contributed by atoms with E-state index in [9.17, 15) is 21.4 Å². The Morgan fingerprint density at radius 3 is 0.771 bits per heavy atom. The number of halogens is 1. The molecular formula is C60H121BrN2Na2O14S4. The number of unbranched alkanes of at least 4 members (excludes halogenated alkanes) is 14. The molecule has 0 atom stereocenters. The molecule has 0 aliphatic carbocycles. The summed E-state index contributed by atoms with van der Waals surface area (Å²) >= 11 is 4.12. The summed E-state index contributed by atoms with van der Waals surface area (Å²) in [5.41, 5.74) is 0. The first-order valence-electron chi connectivity index (χ1n) is 23.2. The van der Waals surface area contributed by atoms with Crippen LogP contribution in [0.4, 0.5) is 0 Å². The Kier molecular flexibility index (Phi) is 108. The molecule has 23 heteroatoms. The minimum Gasteiger partial charge on any atom is -1.00 e. The van der Waals surface area contributed by atoms with Gasteiger partial charge in [0.15, 0.2) is 0 Å². The van der Waals surface area contributed by atoms with Crippen LogP contribution in [0.25, 0.3) is 0 Å². The Morgan fingerprint density at radius 2 is 0.639 bits per heavy atom. The Bertz CT molecular complexity index is 3070. The maximum atomic E-state index is 10.4. The van der Waals surface area contributed by atoms with Crippen molar-refractivity contribution in [3.63, 3.8) is 0 Å². The van der Waals surface area contributed by atoms with Crippen LogP contribution in [-0.2, 0) is 75.2 Å². The van der Waals surface area contributed by atoms with Gasteiger partial charge in [0.25, 0.3) is 0 Å². The van der Waals surface area contributed by atoms with Crippen LogP contribution >= 0.6 is 0 Å². The van der Waals surface area contributed by atoms with E-state index >= 15 is 0 Å². The van der Waals surface area contributed by atoms with Gasteiger partial charge in [-0.25, -0.2) is 23.7 Å².